The van der Waals surface area contributed by atoms with Crippen LogP contribution in [0.25, 0.3) is 0 Å². The summed E-state index contributed by atoms with van der Waals surface area (Å²) in [5, 5.41) is 2.39. The minimum atomic E-state index is -4.57. The highest BCUT2D eigenvalue weighted by molar-refractivity contribution is 6.34. The third-order valence-electron chi connectivity index (χ3n) is 4.32. The number of alkyl halides is 3. The molecular formula is C19H20ClF3N2O3. The van der Waals surface area contributed by atoms with E-state index in [9.17, 15) is 22.8 Å². The van der Waals surface area contributed by atoms with Crippen molar-refractivity contribution in [3.05, 3.63) is 51.3 Å². The van der Waals surface area contributed by atoms with E-state index in [0.717, 1.165) is 18.2 Å². The number of rotatable bonds is 5. The summed E-state index contributed by atoms with van der Waals surface area (Å²) < 4.78 is 45.5. The van der Waals surface area contributed by atoms with Gasteiger partial charge >= 0.3 is 12.1 Å². The number of benzene rings is 1. The molecular weight excluding hydrogens is 397 g/mol. The highest BCUT2D eigenvalue weighted by Crippen LogP contribution is 2.34. The van der Waals surface area contributed by atoms with Crippen molar-refractivity contribution >= 4 is 29.2 Å². The second-order valence-electron chi connectivity index (χ2n) is 6.05. The molecule has 0 bridgehead atoms. The topological polar surface area (TPSA) is 60.3 Å². The van der Waals surface area contributed by atoms with Gasteiger partial charge in [0.2, 0.25) is 0 Å². The van der Waals surface area contributed by atoms with Gasteiger partial charge < -0.3 is 14.6 Å². The number of hydrogen-bond donors (Lipinski definition) is 1. The maximum absolute atomic E-state index is 12.9. The normalized spacial score (nSPS) is 11.4. The Morgan fingerprint density at radius 2 is 1.86 bits per heavy atom. The number of nitrogens with one attached hydrogen (secondary N) is 1. The van der Waals surface area contributed by atoms with Crippen molar-refractivity contribution in [2.24, 2.45) is 0 Å². The van der Waals surface area contributed by atoms with Crippen molar-refractivity contribution in [1.82, 2.24) is 4.57 Å². The molecule has 0 aliphatic carbocycles. The minimum absolute atomic E-state index is 0.0304. The van der Waals surface area contributed by atoms with E-state index in [-0.39, 0.29) is 28.6 Å². The first-order valence-corrected chi connectivity index (χ1v) is 8.95. The molecule has 0 spiro atoms. The first kappa shape index (κ1) is 21.8. The summed E-state index contributed by atoms with van der Waals surface area (Å²) in [7, 11) is 0. The molecule has 1 aromatic heterocycles. The Morgan fingerprint density at radius 3 is 2.39 bits per heavy atom. The van der Waals surface area contributed by atoms with Gasteiger partial charge in [-0.2, -0.15) is 13.2 Å². The highest BCUT2D eigenvalue weighted by atomic mass is 35.5. The summed E-state index contributed by atoms with van der Waals surface area (Å²) in [6.07, 6.45) is -4.57. The summed E-state index contributed by atoms with van der Waals surface area (Å²) in [5.41, 5.74) is 0.226. The van der Waals surface area contributed by atoms with Crippen molar-refractivity contribution < 1.29 is 27.5 Å². The molecule has 0 radical (unpaired) electrons. The Morgan fingerprint density at radius 1 is 1.21 bits per heavy atom. The van der Waals surface area contributed by atoms with Crippen LogP contribution in [0.1, 0.15) is 51.5 Å². The number of anilines is 1. The van der Waals surface area contributed by atoms with Gasteiger partial charge in [0.25, 0.3) is 5.91 Å². The van der Waals surface area contributed by atoms with Crippen molar-refractivity contribution in [3.8, 4) is 0 Å². The van der Waals surface area contributed by atoms with Crippen molar-refractivity contribution in [1.29, 1.82) is 0 Å². The van der Waals surface area contributed by atoms with Gasteiger partial charge in [-0.25, -0.2) is 4.79 Å². The lowest BCUT2D eigenvalue weighted by Crippen LogP contribution is -2.15. The Hall–Kier alpha value is -2.48. The van der Waals surface area contributed by atoms with Crippen molar-refractivity contribution in [2.75, 3.05) is 11.9 Å². The lowest BCUT2D eigenvalue weighted by atomic mass is 10.1. The quantitative estimate of drug-likeness (QED) is 0.679. The fourth-order valence-electron chi connectivity index (χ4n) is 3.07. The van der Waals surface area contributed by atoms with Crippen molar-refractivity contribution in [3.63, 3.8) is 0 Å². The number of ether oxygens (including phenoxy) is 1. The second-order valence-corrected chi connectivity index (χ2v) is 6.45. The Labute approximate surface area is 165 Å². The van der Waals surface area contributed by atoms with Crippen LogP contribution in [0.15, 0.2) is 18.2 Å². The van der Waals surface area contributed by atoms with Crippen LogP contribution in [-0.2, 0) is 17.5 Å². The van der Waals surface area contributed by atoms with Crippen LogP contribution in [0, 0.1) is 13.8 Å². The van der Waals surface area contributed by atoms with Gasteiger partial charge in [-0.15, -0.1) is 0 Å². The molecule has 0 saturated carbocycles. The molecule has 1 aromatic carbocycles. The van der Waals surface area contributed by atoms with Gasteiger partial charge in [-0.3, -0.25) is 4.79 Å². The van der Waals surface area contributed by atoms with Gasteiger partial charge in [-0.05, 0) is 51.5 Å². The molecule has 1 N–H and O–H groups in total. The molecule has 0 saturated heterocycles. The van der Waals surface area contributed by atoms with Crippen molar-refractivity contribution in [2.45, 2.75) is 40.4 Å². The Balaban J connectivity index is 2.47. The van der Waals surface area contributed by atoms with E-state index in [0.29, 0.717) is 17.8 Å². The second kappa shape index (κ2) is 8.26. The molecule has 0 fully saturated rings. The highest BCUT2D eigenvalue weighted by Gasteiger charge is 2.32. The first-order chi connectivity index (χ1) is 13.0. The first-order valence-electron chi connectivity index (χ1n) is 8.57. The van der Waals surface area contributed by atoms with Gasteiger partial charge in [-0.1, -0.05) is 11.6 Å². The number of nitrogens with zero attached hydrogens (tertiary/aromatic N) is 1. The van der Waals surface area contributed by atoms with Crippen LogP contribution < -0.4 is 5.32 Å². The van der Waals surface area contributed by atoms with Crippen LogP contribution in [0.3, 0.4) is 0 Å². The van der Waals surface area contributed by atoms with E-state index in [4.69, 9.17) is 16.3 Å². The standard InChI is InChI=1S/C19H20ClF3N2O3/c1-5-25-11(4)15(10(3)16(25)18(27)28-6-2)17(26)24-14-9-12(19(21,22)23)7-8-13(14)20/h7-9H,5-6H2,1-4H3,(H,24,26). The fraction of sp³-hybridized carbons (Fsp3) is 0.368. The largest absolute Gasteiger partial charge is 0.461 e. The molecule has 28 heavy (non-hydrogen) atoms. The van der Waals surface area contributed by atoms with E-state index in [1.54, 1.807) is 32.3 Å². The lowest BCUT2D eigenvalue weighted by molar-refractivity contribution is -0.137. The average Bonchev–Trinajstić information content (AvgIpc) is 2.85. The van der Waals surface area contributed by atoms with Gasteiger partial charge in [0.1, 0.15) is 5.69 Å². The molecule has 9 heteroatoms. The molecule has 0 atom stereocenters. The molecule has 1 heterocycles. The lowest BCUT2D eigenvalue weighted by Gasteiger charge is -2.12. The smallest absolute Gasteiger partial charge is 0.416 e. The Bertz CT molecular complexity index is 920. The minimum Gasteiger partial charge on any atom is -0.461 e. The fourth-order valence-corrected chi connectivity index (χ4v) is 3.23. The zero-order valence-electron chi connectivity index (χ0n) is 15.8. The summed E-state index contributed by atoms with van der Waals surface area (Å²) in [5.74, 6) is -1.23. The predicted molar refractivity (Wildman–Crippen MR) is 99.9 cm³/mol. The molecule has 0 aliphatic heterocycles. The molecule has 2 aromatic rings. The average molecular weight is 417 g/mol. The zero-order valence-corrected chi connectivity index (χ0v) is 16.6. The number of hydrogen-bond acceptors (Lipinski definition) is 3. The maximum Gasteiger partial charge on any atom is 0.416 e. The SMILES string of the molecule is CCOC(=O)c1c(C)c(C(=O)Nc2cc(C(F)(F)F)ccc2Cl)c(C)n1CC. The monoisotopic (exact) mass is 416 g/mol. The van der Waals surface area contributed by atoms with Crippen LogP contribution in [0.5, 0.6) is 0 Å². The van der Waals surface area contributed by atoms with E-state index in [1.807, 2.05) is 0 Å². The molecule has 5 nitrogen and oxygen atoms in total. The van der Waals surface area contributed by atoms with Gasteiger partial charge in [0, 0.05) is 12.2 Å². The van der Waals surface area contributed by atoms with Crippen LogP contribution in [0.2, 0.25) is 5.02 Å². The predicted octanol–water partition coefficient (Wildman–Crippen LogP) is 5.23. The third-order valence-corrected chi connectivity index (χ3v) is 4.65. The zero-order chi connectivity index (χ0) is 21.2. The number of carbonyl (C=O) groups is 2. The maximum atomic E-state index is 12.9. The van der Waals surface area contributed by atoms with Crippen LogP contribution in [0.4, 0.5) is 18.9 Å². The molecule has 1 amide bonds. The van der Waals surface area contributed by atoms with Gasteiger partial charge in [0.05, 0.1) is 28.4 Å². The molecule has 0 unspecified atom stereocenters. The molecule has 2 rings (SSSR count). The van der Waals surface area contributed by atoms with E-state index in [1.165, 1.54) is 0 Å². The van der Waals surface area contributed by atoms with Gasteiger partial charge in [0.15, 0.2) is 0 Å². The third kappa shape index (κ3) is 4.16. The Kier molecular flexibility index (Phi) is 6.44. The summed E-state index contributed by atoms with van der Waals surface area (Å²) in [4.78, 5) is 25.1. The van der Waals surface area contributed by atoms with E-state index < -0.39 is 23.6 Å². The summed E-state index contributed by atoms with van der Waals surface area (Å²) in [6, 6.07) is 2.68. The number of halogens is 4. The summed E-state index contributed by atoms with van der Waals surface area (Å²) >= 11 is 5.95. The van der Waals surface area contributed by atoms with E-state index in [2.05, 4.69) is 5.32 Å². The number of esters is 1. The number of amides is 1. The molecule has 0 aliphatic rings. The number of carbonyl (C=O) groups excluding carboxylic acids is 2. The van der Waals surface area contributed by atoms with E-state index >= 15 is 0 Å². The van der Waals surface area contributed by atoms with Crippen LogP contribution in [-0.4, -0.2) is 23.1 Å². The number of aromatic nitrogens is 1. The molecule has 152 valence electrons. The van der Waals surface area contributed by atoms with Crippen LogP contribution >= 0.6 is 11.6 Å². The summed E-state index contributed by atoms with van der Waals surface area (Å²) in [6.45, 7) is 7.31.